The van der Waals surface area contributed by atoms with Crippen molar-refractivity contribution in [3.63, 3.8) is 0 Å². The Morgan fingerprint density at radius 1 is 0.565 bits per heavy atom. The first-order valence-corrected chi connectivity index (χ1v) is 23.7. The lowest BCUT2D eigenvalue weighted by molar-refractivity contribution is 0.262. The maximum Gasteiger partial charge on any atom is 0.226 e. The molecule has 5 atom stereocenters. The zero-order valence-corrected chi connectivity index (χ0v) is 40.1. The molecule has 62 heavy (non-hydrogen) atoms. The number of fused-ring (bicyclic) bond motifs is 4. The number of aryl methyl sites for hydroxylation is 3. The standard InChI is InChI=1S/C59H71BN2/c1-38-14-18-42(19-15-38)58(10,11)44-24-30-48(31-25-44)62-51-32-26-45(57(7,8)9)36-49(51)60-50-37-46(59(12,13)43-20-16-39(2)17-21-43)27-33-52(50)61(53-34-40(3)35-54(62)55(53)60)47-28-22-41(23-29-47)56(4,5)6/h14-22,24,26-28,30-37,41,44,47,49,51H,23,25,29H2,1-13H3. The van der Waals surface area contributed by atoms with Gasteiger partial charge in [-0.1, -0.05) is 184 Å². The van der Waals surface area contributed by atoms with Gasteiger partial charge >= 0.3 is 0 Å². The van der Waals surface area contributed by atoms with Crippen LogP contribution in [0.15, 0.2) is 139 Å². The molecule has 0 amide bonds. The van der Waals surface area contributed by atoms with Gasteiger partial charge in [-0.05, 0) is 137 Å². The van der Waals surface area contributed by atoms with Gasteiger partial charge in [0.1, 0.15) is 0 Å². The van der Waals surface area contributed by atoms with E-state index in [-0.39, 0.29) is 46.3 Å². The molecule has 0 N–H and O–H groups in total. The fraction of sp³-hybridized carbons (Fsp3) is 0.424. The van der Waals surface area contributed by atoms with Gasteiger partial charge in [-0.25, -0.2) is 0 Å². The lowest BCUT2D eigenvalue weighted by atomic mass is 9.28. The first kappa shape index (κ1) is 42.5. The van der Waals surface area contributed by atoms with Gasteiger partial charge in [-0.2, -0.15) is 0 Å². The van der Waals surface area contributed by atoms with Crippen molar-refractivity contribution in [3.05, 3.63) is 172 Å². The lowest BCUT2D eigenvalue weighted by Gasteiger charge is -2.53. The molecular formula is C59H71BN2. The number of hydrogen-bond donors (Lipinski definition) is 0. The van der Waals surface area contributed by atoms with Crippen LogP contribution in [-0.2, 0) is 10.8 Å². The molecule has 0 spiro atoms. The van der Waals surface area contributed by atoms with Crippen LogP contribution in [0.25, 0.3) is 0 Å². The van der Waals surface area contributed by atoms with Crippen LogP contribution >= 0.6 is 0 Å². The Labute approximate surface area is 375 Å². The highest BCUT2D eigenvalue weighted by Gasteiger charge is 2.51. The summed E-state index contributed by atoms with van der Waals surface area (Å²) in [5.74, 6) is 1.25. The van der Waals surface area contributed by atoms with Crippen molar-refractivity contribution >= 4 is 34.7 Å². The summed E-state index contributed by atoms with van der Waals surface area (Å²) in [5, 5.41) is 0. The van der Waals surface area contributed by atoms with Crippen molar-refractivity contribution in [1.29, 1.82) is 0 Å². The van der Waals surface area contributed by atoms with Gasteiger partial charge in [0.25, 0.3) is 0 Å². The third kappa shape index (κ3) is 7.30. The fourth-order valence-corrected chi connectivity index (χ4v) is 11.5. The Hall–Kier alpha value is -4.76. The summed E-state index contributed by atoms with van der Waals surface area (Å²) in [7, 11) is 0. The first-order valence-electron chi connectivity index (χ1n) is 23.7. The molecule has 0 fully saturated rings. The molecule has 5 unspecified atom stereocenters. The van der Waals surface area contributed by atoms with Crippen molar-refractivity contribution < 1.29 is 0 Å². The third-order valence-electron chi connectivity index (χ3n) is 15.9. The van der Waals surface area contributed by atoms with Gasteiger partial charge in [-0.15, -0.1) is 0 Å². The summed E-state index contributed by atoms with van der Waals surface area (Å²) in [5.41, 5.74) is 18.2. The topological polar surface area (TPSA) is 6.48 Å². The summed E-state index contributed by atoms with van der Waals surface area (Å²) in [6, 6.07) is 31.5. The van der Waals surface area contributed by atoms with E-state index in [1.165, 1.54) is 79.1 Å². The molecule has 0 saturated carbocycles. The number of hydrogen-bond acceptors (Lipinski definition) is 2. The van der Waals surface area contributed by atoms with Crippen LogP contribution in [-0.4, -0.2) is 18.8 Å². The van der Waals surface area contributed by atoms with Crippen LogP contribution in [0.5, 0.6) is 0 Å². The average molecular weight is 819 g/mol. The quantitative estimate of drug-likeness (QED) is 0.141. The SMILES string of the molecule is Cc1ccc(C(C)(C)c2ccc3c(c2)B2c4c(cc(C)cc4N3C3C=CC(C(C)(C)C)CC3)N(C3=CCC(C(C)(C)c4ccc(C)cc4)C=C3)C3C=CC(C(C)(C)C)=CC23)cc1. The largest absolute Gasteiger partial charge is 0.335 e. The molecule has 2 aliphatic heterocycles. The minimum Gasteiger partial charge on any atom is -0.335 e. The van der Waals surface area contributed by atoms with E-state index in [2.05, 4.69) is 227 Å². The third-order valence-corrected chi connectivity index (χ3v) is 15.9. The molecule has 2 heterocycles. The second kappa shape index (κ2) is 15.2. The fourth-order valence-electron chi connectivity index (χ4n) is 11.5. The van der Waals surface area contributed by atoms with Crippen LogP contribution < -0.4 is 20.7 Å². The summed E-state index contributed by atoms with van der Waals surface area (Å²) in [6.07, 6.45) is 23.7. The molecule has 3 aliphatic carbocycles. The zero-order chi connectivity index (χ0) is 44.1. The Morgan fingerprint density at radius 2 is 1.19 bits per heavy atom. The van der Waals surface area contributed by atoms with Crippen molar-refractivity contribution in [3.8, 4) is 0 Å². The molecule has 4 aromatic carbocycles. The second-order valence-corrected chi connectivity index (χ2v) is 22.9. The number of anilines is 3. The minimum absolute atomic E-state index is 0.0210. The van der Waals surface area contributed by atoms with Crippen molar-refractivity contribution in [2.75, 3.05) is 9.80 Å². The first-order chi connectivity index (χ1) is 29.2. The molecule has 4 aromatic rings. The normalized spacial score (nSPS) is 23.4. The predicted octanol–water partition coefficient (Wildman–Crippen LogP) is 13.9. The van der Waals surface area contributed by atoms with E-state index in [1.54, 1.807) is 0 Å². The van der Waals surface area contributed by atoms with E-state index < -0.39 is 0 Å². The Morgan fingerprint density at radius 3 is 1.77 bits per heavy atom. The summed E-state index contributed by atoms with van der Waals surface area (Å²) in [6.45, 7) is 31.0. The van der Waals surface area contributed by atoms with Crippen molar-refractivity contribution in [1.82, 2.24) is 0 Å². The molecule has 5 aliphatic rings. The number of nitrogens with zero attached hydrogens (tertiary/aromatic N) is 2. The van der Waals surface area contributed by atoms with Gasteiger partial charge in [-0.3, -0.25) is 0 Å². The molecule has 320 valence electrons. The van der Waals surface area contributed by atoms with Gasteiger partial charge in [0.05, 0.1) is 12.1 Å². The van der Waals surface area contributed by atoms with E-state index in [1.807, 2.05) is 0 Å². The zero-order valence-electron chi connectivity index (χ0n) is 40.1. The number of benzene rings is 4. The lowest BCUT2D eigenvalue weighted by Crippen LogP contribution is -2.63. The van der Waals surface area contributed by atoms with E-state index in [4.69, 9.17) is 0 Å². The number of allylic oxidation sites excluding steroid dienone is 6. The molecule has 0 saturated heterocycles. The Bertz CT molecular complexity index is 2530. The van der Waals surface area contributed by atoms with Crippen molar-refractivity contribution in [2.24, 2.45) is 22.7 Å². The predicted molar refractivity (Wildman–Crippen MR) is 269 cm³/mol. The Balaban J connectivity index is 1.23. The Kier molecular flexibility index (Phi) is 10.4. The molecule has 2 nitrogen and oxygen atoms in total. The maximum absolute atomic E-state index is 2.77. The summed E-state index contributed by atoms with van der Waals surface area (Å²) >= 11 is 0. The smallest absolute Gasteiger partial charge is 0.226 e. The molecule has 9 rings (SSSR count). The monoisotopic (exact) mass is 819 g/mol. The molecular weight excluding hydrogens is 747 g/mol. The molecule has 0 bridgehead atoms. The van der Waals surface area contributed by atoms with E-state index in [9.17, 15) is 0 Å². The van der Waals surface area contributed by atoms with Gasteiger partial charge < -0.3 is 9.80 Å². The molecule has 0 radical (unpaired) electrons. The van der Waals surface area contributed by atoms with Crippen LogP contribution in [0.2, 0.25) is 5.82 Å². The average Bonchev–Trinajstić information content (AvgIpc) is 3.23. The van der Waals surface area contributed by atoms with Gasteiger partial charge in [0.15, 0.2) is 0 Å². The summed E-state index contributed by atoms with van der Waals surface area (Å²) in [4.78, 5) is 5.52. The highest BCUT2D eigenvalue weighted by atomic mass is 15.2. The van der Waals surface area contributed by atoms with E-state index in [0.717, 1.165) is 12.8 Å². The van der Waals surface area contributed by atoms with Gasteiger partial charge in [0.2, 0.25) is 6.71 Å². The summed E-state index contributed by atoms with van der Waals surface area (Å²) < 4.78 is 0. The second-order valence-electron chi connectivity index (χ2n) is 22.9. The van der Waals surface area contributed by atoms with Crippen LogP contribution in [0.1, 0.15) is 122 Å². The van der Waals surface area contributed by atoms with Crippen LogP contribution in [0.3, 0.4) is 0 Å². The maximum atomic E-state index is 2.77. The minimum atomic E-state index is -0.159. The van der Waals surface area contributed by atoms with E-state index >= 15 is 0 Å². The van der Waals surface area contributed by atoms with Gasteiger partial charge in [0, 0.05) is 28.2 Å². The van der Waals surface area contributed by atoms with Crippen LogP contribution in [0, 0.1) is 43.4 Å². The van der Waals surface area contributed by atoms with Crippen LogP contribution in [0.4, 0.5) is 17.1 Å². The molecule has 0 aromatic heterocycles. The van der Waals surface area contributed by atoms with E-state index in [0.29, 0.717) is 11.8 Å². The van der Waals surface area contributed by atoms with Crippen molar-refractivity contribution in [2.45, 2.75) is 138 Å². The highest BCUT2D eigenvalue weighted by molar-refractivity contribution is 6.91. The highest BCUT2D eigenvalue weighted by Crippen LogP contribution is 2.50. The molecule has 3 heteroatoms. The number of rotatable bonds is 6.